The zero-order valence-electron chi connectivity index (χ0n) is 16.2. The van der Waals surface area contributed by atoms with Crippen LogP contribution >= 0.6 is 0 Å². The van der Waals surface area contributed by atoms with Crippen LogP contribution in [0.15, 0.2) is 53.3 Å². The first-order valence-electron chi connectivity index (χ1n) is 9.90. The van der Waals surface area contributed by atoms with Gasteiger partial charge in [0.05, 0.1) is 11.0 Å². The van der Waals surface area contributed by atoms with E-state index < -0.39 is 11.6 Å². The number of imide groups is 1. The molecule has 152 valence electrons. The lowest BCUT2D eigenvalue weighted by molar-refractivity contribution is -0.136. The van der Waals surface area contributed by atoms with Crippen LogP contribution < -0.4 is 16.1 Å². The monoisotopic (exact) mass is 404 g/mol. The lowest BCUT2D eigenvalue weighted by Gasteiger charge is -2.37. The largest absolute Gasteiger partial charge is 0.341 e. The Kier molecular flexibility index (Phi) is 4.09. The highest BCUT2D eigenvalue weighted by Crippen LogP contribution is 2.26. The van der Waals surface area contributed by atoms with Crippen molar-refractivity contribution in [3.63, 3.8) is 0 Å². The van der Waals surface area contributed by atoms with Crippen molar-refractivity contribution in [3.05, 3.63) is 58.8 Å². The molecular weight excluding hydrogens is 384 g/mol. The summed E-state index contributed by atoms with van der Waals surface area (Å²) in [5.41, 5.74) is 0.466. The summed E-state index contributed by atoms with van der Waals surface area (Å²) in [6, 6.07) is 14.1. The Morgan fingerprint density at radius 3 is 2.00 bits per heavy atom. The van der Waals surface area contributed by atoms with Gasteiger partial charge in [-0.05, 0) is 37.1 Å². The third kappa shape index (κ3) is 2.75. The Morgan fingerprint density at radius 1 is 0.900 bits per heavy atom. The smallest absolute Gasteiger partial charge is 0.322 e. The number of nitrogens with zero attached hydrogens (tertiary/aromatic N) is 2. The minimum absolute atomic E-state index is 0.0483. The minimum atomic E-state index is -0.912. The standard InChI is InChI=1S/C22H20N4O4/c27-18(25-11-9-22(10-12-25)20(29)23-21(30)24-22)13-26-16-7-3-1-5-14(16)19(28)15-6-2-4-8-17(15)26/h1-8H,9-13H2,(H2,23,24,29,30). The van der Waals surface area contributed by atoms with Crippen molar-refractivity contribution in [2.24, 2.45) is 0 Å². The zero-order chi connectivity index (χ0) is 20.9. The number of hydrogen-bond acceptors (Lipinski definition) is 4. The van der Waals surface area contributed by atoms with Crippen LogP contribution in [-0.2, 0) is 16.1 Å². The number of amides is 4. The molecule has 5 rings (SSSR count). The first-order valence-corrected chi connectivity index (χ1v) is 9.90. The van der Waals surface area contributed by atoms with E-state index in [1.807, 2.05) is 41.0 Å². The van der Waals surface area contributed by atoms with Crippen molar-refractivity contribution < 1.29 is 14.4 Å². The lowest BCUT2D eigenvalue weighted by Crippen LogP contribution is -2.56. The number of carbonyl (C=O) groups is 3. The van der Waals surface area contributed by atoms with Crippen LogP contribution in [0.5, 0.6) is 0 Å². The second kappa shape index (κ2) is 6.69. The molecule has 3 heterocycles. The zero-order valence-corrected chi connectivity index (χ0v) is 16.2. The summed E-state index contributed by atoms with van der Waals surface area (Å²) >= 11 is 0. The van der Waals surface area contributed by atoms with Crippen LogP contribution in [0.1, 0.15) is 12.8 Å². The Balaban J connectivity index is 1.46. The molecule has 0 unspecified atom stereocenters. The Bertz CT molecular complexity index is 1210. The van der Waals surface area contributed by atoms with Crippen LogP contribution in [0.3, 0.4) is 0 Å². The number of pyridine rings is 1. The fraction of sp³-hybridized carbons (Fsp3) is 0.273. The first kappa shape index (κ1) is 18.4. The number of aromatic nitrogens is 1. The van der Waals surface area contributed by atoms with Gasteiger partial charge in [-0.2, -0.15) is 0 Å². The van der Waals surface area contributed by atoms with Gasteiger partial charge in [0.15, 0.2) is 5.43 Å². The van der Waals surface area contributed by atoms with Crippen molar-refractivity contribution in [1.29, 1.82) is 0 Å². The van der Waals surface area contributed by atoms with E-state index >= 15 is 0 Å². The normalized spacial score (nSPS) is 18.1. The molecule has 2 N–H and O–H groups in total. The Labute approximate surface area is 171 Å². The predicted molar refractivity (Wildman–Crippen MR) is 111 cm³/mol. The number of para-hydroxylation sites is 2. The van der Waals surface area contributed by atoms with Gasteiger partial charge in [-0.1, -0.05) is 24.3 Å². The molecule has 2 aliphatic rings. The molecular formula is C22H20N4O4. The molecule has 2 aliphatic heterocycles. The molecule has 8 nitrogen and oxygen atoms in total. The summed E-state index contributed by atoms with van der Waals surface area (Å²) in [7, 11) is 0. The van der Waals surface area contributed by atoms with Gasteiger partial charge in [0, 0.05) is 23.9 Å². The molecule has 30 heavy (non-hydrogen) atoms. The number of rotatable bonds is 2. The average Bonchev–Trinajstić information content (AvgIpc) is 3.03. The van der Waals surface area contributed by atoms with E-state index in [0.29, 0.717) is 47.7 Å². The van der Waals surface area contributed by atoms with E-state index in [1.54, 1.807) is 17.0 Å². The van der Waals surface area contributed by atoms with E-state index in [1.165, 1.54) is 0 Å². The number of benzene rings is 2. The van der Waals surface area contributed by atoms with Crippen molar-refractivity contribution in [3.8, 4) is 0 Å². The average molecular weight is 404 g/mol. The SMILES string of the molecule is O=C1NC(=O)C2(CCN(C(=O)Cn3c4ccccc4c(=O)c4ccccc43)CC2)N1. The number of fused-ring (bicyclic) bond motifs is 2. The number of carbonyl (C=O) groups excluding carboxylic acids is 3. The van der Waals surface area contributed by atoms with E-state index in [0.717, 1.165) is 0 Å². The topological polar surface area (TPSA) is 101 Å². The van der Waals surface area contributed by atoms with Crippen molar-refractivity contribution in [2.45, 2.75) is 24.9 Å². The number of urea groups is 1. The van der Waals surface area contributed by atoms with Gasteiger partial charge in [-0.3, -0.25) is 19.7 Å². The fourth-order valence-electron chi connectivity index (χ4n) is 4.50. The highest BCUT2D eigenvalue weighted by molar-refractivity contribution is 6.07. The highest BCUT2D eigenvalue weighted by Gasteiger charge is 2.48. The van der Waals surface area contributed by atoms with Crippen molar-refractivity contribution >= 4 is 39.7 Å². The molecule has 0 aliphatic carbocycles. The fourth-order valence-corrected chi connectivity index (χ4v) is 4.50. The maximum absolute atomic E-state index is 13.1. The summed E-state index contributed by atoms with van der Waals surface area (Å²) in [5.74, 6) is -0.412. The van der Waals surface area contributed by atoms with E-state index in [4.69, 9.17) is 0 Å². The highest BCUT2D eigenvalue weighted by atomic mass is 16.2. The third-order valence-corrected chi connectivity index (χ3v) is 6.16. The Hall–Kier alpha value is -3.68. The molecule has 0 saturated carbocycles. The van der Waals surface area contributed by atoms with E-state index in [-0.39, 0.29) is 23.8 Å². The van der Waals surface area contributed by atoms with Crippen molar-refractivity contribution in [2.75, 3.05) is 13.1 Å². The van der Waals surface area contributed by atoms with Gasteiger partial charge < -0.3 is 14.8 Å². The maximum atomic E-state index is 13.1. The summed E-state index contributed by atoms with van der Waals surface area (Å²) in [6.07, 6.45) is 0.754. The quantitative estimate of drug-likeness (QED) is 0.497. The third-order valence-electron chi connectivity index (χ3n) is 6.16. The van der Waals surface area contributed by atoms with Gasteiger partial charge in [0.25, 0.3) is 5.91 Å². The summed E-state index contributed by atoms with van der Waals surface area (Å²) < 4.78 is 1.88. The van der Waals surface area contributed by atoms with Gasteiger partial charge in [0.1, 0.15) is 12.1 Å². The van der Waals surface area contributed by atoms with Crippen LogP contribution in [0, 0.1) is 0 Å². The van der Waals surface area contributed by atoms with Crippen LogP contribution in [-0.4, -0.2) is 45.9 Å². The molecule has 4 amide bonds. The van der Waals surface area contributed by atoms with E-state index in [9.17, 15) is 19.2 Å². The molecule has 2 fully saturated rings. The molecule has 1 aromatic heterocycles. The van der Waals surface area contributed by atoms with Crippen LogP contribution in [0.4, 0.5) is 4.79 Å². The summed E-state index contributed by atoms with van der Waals surface area (Å²) in [5, 5.41) is 6.14. The minimum Gasteiger partial charge on any atom is -0.341 e. The summed E-state index contributed by atoms with van der Waals surface area (Å²) in [4.78, 5) is 51.3. The van der Waals surface area contributed by atoms with Gasteiger partial charge in [-0.25, -0.2) is 4.79 Å². The second-order valence-corrected chi connectivity index (χ2v) is 7.82. The molecule has 0 radical (unpaired) electrons. The molecule has 8 heteroatoms. The first-order chi connectivity index (χ1) is 14.5. The predicted octanol–water partition coefficient (Wildman–Crippen LogP) is 1.36. The van der Waals surface area contributed by atoms with Crippen LogP contribution in [0.2, 0.25) is 0 Å². The molecule has 0 bridgehead atoms. The van der Waals surface area contributed by atoms with Gasteiger partial charge in [0.2, 0.25) is 5.91 Å². The second-order valence-electron chi connectivity index (χ2n) is 7.82. The molecule has 3 aromatic rings. The molecule has 0 atom stereocenters. The number of nitrogens with one attached hydrogen (secondary N) is 2. The molecule has 2 aromatic carbocycles. The maximum Gasteiger partial charge on any atom is 0.322 e. The van der Waals surface area contributed by atoms with E-state index in [2.05, 4.69) is 10.6 Å². The number of hydrogen-bond donors (Lipinski definition) is 2. The van der Waals surface area contributed by atoms with Gasteiger partial charge in [-0.15, -0.1) is 0 Å². The summed E-state index contributed by atoms with van der Waals surface area (Å²) in [6.45, 7) is 0.845. The van der Waals surface area contributed by atoms with Crippen LogP contribution in [0.25, 0.3) is 21.8 Å². The lowest BCUT2D eigenvalue weighted by atomic mass is 9.87. The Morgan fingerprint density at radius 2 is 1.47 bits per heavy atom. The van der Waals surface area contributed by atoms with Gasteiger partial charge >= 0.3 is 6.03 Å². The molecule has 1 spiro atoms. The number of piperidine rings is 1. The number of likely N-dealkylation sites (tertiary alicyclic amines) is 1. The molecule has 2 saturated heterocycles. The van der Waals surface area contributed by atoms with Crippen molar-refractivity contribution in [1.82, 2.24) is 20.1 Å².